The van der Waals surface area contributed by atoms with E-state index in [1.165, 1.54) is 0 Å². The van der Waals surface area contributed by atoms with Crippen LogP contribution in [0.3, 0.4) is 0 Å². The van der Waals surface area contributed by atoms with E-state index in [0.29, 0.717) is 53.1 Å². The molecule has 2 spiro atoms. The molecule has 264 valence electrons. The zero-order chi connectivity index (χ0) is 33.9. The van der Waals surface area contributed by atoms with Gasteiger partial charge in [0.25, 0.3) is 0 Å². The molecule has 3 saturated heterocycles. The lowest BCUT2D eigenvalue weighted by Crippen LogP contribution is -2.69. The van der Waals surface area contributed by atoms with Gasteiger partial charge in [0, 0.05) is 12.8 Å². The van der Waals surface area contributed by atoms with Gasteiger partial charge in [-0.3, -0.25) is 0 Å². The Kier molecular flexibility index (Phi) is 12.9. The van der Waals surface area contributed by atoms with Gasteiger partial charge >= 0.3 is 0 Å². The summed E-state index contributed by atoms with van der Waals surface area (Å²) >= 11 is 0. The first-order valence-corrected chi connectivity index (χ1v) is 22.9. The van der Waals surface area contributed by atoms with Crippen molar-refractivity contribution in [3.05, 3.63) is 35.9 Å². The molecule has 1 aromatic carbocycles. The lowest BCUT2D eigenvalue weighted by atomic mass is 9.86. The molecule has 0 bridgehead atoms. The quantitative estimate of drug-likeness (QED) is 0.194. The molecule has 8 heteroatoms. The van der Waals surface area contributed by atoms with E-state index in [1.54, 1.807) is 0 Å². The summed E-state index contributed by atoms with van der Waals surface area (Å²) in [7, 11) is -4.09. The average Bonchev–Trinajstić information content (AvgIpc) is 2.99. The summed E-state index contributed by atoms with van der Waals surface area (Å²) in [5.74, 6) is -1.97. The van der Waals surface area contributed by atoms with Crippen LogP contribution in [0.5, 0.6) is 0 Å². The van der Waals surface area contributed by atoms with Crippen molar-refractivity contribution < 1.29 is 27.8 Å². The second kappa shape index (κ2) is 15.5. The van der Waals surface area contributed by atoms with Crippen molar-refractivity contribution in [2.24, 2.45) is 0 Å². The van der Waals surface area contributed by atoms with Gasteiger partial charge in [-0.1, -0.05) is 113 Å². The highest BCUT2D eigenvalue weighted by atomic mass is 28.4. The molecule has 3 fully saturated rings. The van der Waals surface area contributed by atoms with E-state index >= 15 is 0 Å². The fourth-order valence-corrected chi connectivity index (χ4v) is 20.8. The van der Waals surface area contributed by atoms with Crippen LogP contribution in [-0.4, -0.2) is 60.2 Å². The summed E-state index contributed by atoms with van der Waals surface area (Å²) < 4.78 is 42.6. The second-order valence-electron chi connectivity index (χ2n) is 16.4. The molecule has 0 amide bonds. The van der Waals surface area contributed by atoms with Crippen LogP contribution in [0.4, 0.5) is 0 Å². The number of fused-ring (bicyclic) bond motifs is 1. The fraction of sp³-hybridized carbons (Fsp3) is 0.842. The molecule has 0 N–H and O–H groups in total. The van der Waals surface area contributed by atoms with Gasteiger partial charge in [-0.25, -0.2) is 0 Å². The third kappa shape index (κ3) is 7.30. The lowest BCUT2D eigenvalue weighted by molar-refractivity contribution is -0.484. The Bertz CT molecular complexity index is 1030. The molecule has 46 heavy (non-hydrogen) atoms. The number of ether oxygens (including phenoxy) is 4. The minimum Gasteiger partial charge on any atom is -0.413 e. The minimum atomic E-state index is -2.05. The second-order valence-corrected chi connectivity index (χ2v) is 27.3. The van der Waals surface area contributed by atoms with Crippen LogP contribution in [0.1, 0.15) is 133 Å². The minimum absolute atomic E-state index is 0.0614. The van der Waals surface area contributed by atoms with Crippen molar-refractivity contribution in [2.75, 3.05) is 19.8 Å². The van der Waals surface area contributed by atoms with Gasteiger partial charge in [0.2, 0.25) is 11.6 Å². The average molecular weight is 677 g/mol. The lowest BCUT2D eigenvalue weighted by Gasteiger charge is -2.58. The summed E-state index contributed by atoms with van der Waals surface area (Å²) in [6.07, 6.45) is 5.02. The maximum atomic E-state index is 7.20. The van der Waals surface area contributed by atoms with Crippen LogP contribution >= 0.6 is 0 Å². The van der Waals surface area contributed by atoms with Gasteiger partial charge in [-0.05, 0) is 64.5 Å². The highest BCUT2D eigenvalue weighted by molar-refractivity contribution is 6.78. The highest BCUT2D eigenvalue weighted by Gasteiger charge is 2.64. The summed E-state index contributed by atoms with van der Waals surface area (Å²) in [6.45, 7) is 29.8. The van der Waals surface area contributed by atoms with Crippen LogP contribution in [0.25, 0.3) is 0 Å². The summed E-state index contributed by atoms with van der Waals surface area (Å²) in [5.41, 5.74) is 4.26. The van der Waals surface area contributed by atoms with E-state index in [9.17, 15) is 0 Å². The molecule has 6 nitrogen and oxygen atoms in total. The number of rotatable bonds is 13. The molecule has 0 aliphatic carbocycles. The Balaban J connectivity index is 1.62. The molecule has 3 heterocycles. The van der Waals surface area contributed by atoms with Gasteiger partial charge in [0.15, 0.2) is 16.6 Å². The van der Waals surface area contributed by atoms with Gasteiger partial charge in [0.05, 0.1) is 32.0 Å². The Hall–Kier alpha value is -0.586. The molecule has 3 aliphatic heterocycles. The van der Waals surface area contributed by atoms with Gasteiger partial charge in [0.1, 0.15) is 6.10 Å². The van der Waals surface area contributed by atoms with Gasteiger partial charge < -0.3 is 27.8 Å². The summed E-state index contributed by atoms with van der Waals surface area (Å²) in [6, 6.07) is 10.4. The zero-order valence-electron chi connectivity index (χ0n) is 31.4. The van der Waals surface area contributed by atoms with E-state index in [1.807, 2.05) is 6.07 Å². The largest absolute Gasteiger partial charge is 0.413 e. The van der Waals surface area contributed by atoms with Crippen molar-refractivity contribution >= 4 is 16.6 Å². The third-order valence-electron chi connectivity index (χ3n) is 11.8. The first kappa shape index (κ1) is 38.2. The first-order valence-electron chi connectivity index (χ1n) is 18.7. The first-order chi connectivity index (χ1) is 21.7. The number of hydrogen-bond donors (Lipinski definition) is 0. The zero-order valence-corrected chi connectivity index (χ0v) is 33.4. The molecule has 3 aliphatic rings. The van der Waals surface area contributed by atoms with Gasteiger partial charge in [-0.15, -0.1) is 0 Å². The van der Waals surface area contributed by atoms with Crippen LogP contribution < -0.4 is 0 Å². The molecule has 5 atom stereocenters. The molecular weight excluding hydrogens is 609 g/mol. The topological polar surface area (TPSA) is 55.4 Å². The third-order valence-corrected chi connectivity index (χ3v) is 23.9. The fourth-order valence-electron chi connectivity index (χ4n) is 9.87. The SMILES string of the molecule is CC(C)[Si](OC[C@H]1CCC[C@]2(O1)O[C@@H](c1ccccc1)CO[C@@]21CCC[C@H](CO[Si](C(C)C)(C(C)C)C(C)C)O1)(C(C)C)C(C)C. The smallest absolute Gasteiger partial charge is 0.224 e. The number of benzene rings is 1. The van der Waals surface area contributed by atoms with E-state index < -0.39 is 28.2 Å². The predicted octanol–water partition coefficient (Wildman–Crippen LogP) is 10.7. The summed E-state index contributed by atoms with van der Waals surface area (Å²) in [5, 5.41) is 0. The number of hydrogen-bond acceptors (Lipinski definition) is 6. The van der Waals surface area contributed by atoms with Crippen LogP contribution in [0.2, 0.25) is 33.2 Å². The van der Waals surface area contributed by atoms with Crippen LogP contribution in [0.15, 0.2) is 30.3 Å². The molecular formula is C38H68O6Si2. The van der Waals surface area contributed by atoms with Crippen molar-refractivity contribution in [3.63, 3.8) is 0 Å². The Morgan fingerprint density at radius 2 is 1.02 bits per heavy atom. The van der Waals surface area contributed by atoms with E-state index in [0.717, 1.165) is 44.1 Å². The van der Waals surface area contributed by atoms with Crippen molar-refractivity contribution in [1.82, 2.24) is 0 Å². The van der Waals surface area contributed by atoms with E-state index in [2.05, 4.69) is 107 Å². The van der Waals surface area contributed by atoms with Crippen molar-refractivity contribution in [1.29, 1.82) is 0 Å². The monoisotopic (exact) mass is 676 g/mol. The molecule has 1 aromatic rings. The van der Waals surface area contributed by atoms with Crippen LogP contribution in [-0.2, 0) is 27.8 Å². The van der Waals surface area contributed by atoms with E-state index in [-0.39, 0.29) is 18.3 Å². The maximum absolute atomic E-state index is 7.20. The molecule has 4 rings (SSSR count). The standard InChI is InChI=1S/C38H68O6Si2/c1-27(2)45(28(3)4,29(5)6)40-24-34-20-16-22-37(42-34)38(44-36(26-39-37)33-18-14-13-15-19-33)23-17-21-35(43-38)25-41-46(30(7)8,31(9)10)32(11)12/h13-15,18-19,27-32,34-36H,16-17,20-26H2,1-12H3/t34-,35-,36-,37-,38+/m1/s1. The maximum Gasteiger partial charge on any atom is 0.224 e. The van der Waals surface area contributed by atoms with Crippen molar-refractivity contribution in [2.45, 2.75) is 185 Å². The summed E-state index contributed by atoms with van der Waals surface area (Å²) in [4.78, 5) is 0. The van der Waals surface area contributed by atoms with Gasteiger partial charge in [-0.2, -0.15) is 0 Å². The highest BCUT2D eigenvalue weighted by Crippen LogP contribution is 2.53. The van der Waals surface area contributed by atoms with Crippen LogP contribution in [0, 0.1) is 0 Å². The molecule has 0 unspecified atom stereocenters. The van der Waals surface area contributed by atoms with Crippen molar-refractivity contribution in [3.8, 4) is 0 Å². The predicted molar refractivity (Wildman–Crippen MR) is 193 cm³/mol. The molecule has 0 aromatic heterocycles. The molecule has 0 radical (unpaired) electrons. The normalized spacial score (nSPS) is 29.8. The molecule has 0 saturated carbocycles. The Labute approximate surface area is 284 Å². The van der Waals surface area contributed by atoms with E-state index in [4.69, 9.17) is 27.8 Å². The Morgan fingerprint density at radius 3 is 1.46 bits per heavy atom. The Morgan fingerprint density at radius 1 is 0.609 bits per heavy atom.